The van der Waals surface area contributed by atoms with Crippen LogP contribution in [-0.2, 0) is 37.6 Å². The van der Waals surface area contributed by atoms with E-state index in [9.17, 15) is 39.6 Å². The number of nitriles is 1. The first-order valence-corrected chi connectivity index (χ1v) is 26.7. The van der Waals surface area contributed by atoms with E-state index in [1.165, 1.54) is 26.6 Å². The van der Waals surface area contributed by atoms with E-state index >= 15 is 0 Å². The quantitative estimate of drug-likeness (QED) is 0.0299. The van der Waals surface area contributed by atoms with Crippen LogP contribution in [0.5, 0.6) is 0 Å². The number of ether oxygens (including phenoxy) is 5. The Balaban J connectivity index is 1.46. The third-order valence-corrected chi connectivity index (χ3v) is 17.2. The number of phosphoric acid groups is 1. The molecule has 0 aliphatic carbocycles. The Morgan fingerprint density at radius 3 is 2.38 bits per heavy atom. The van der Waals surface area contributed by atoms with Gasteiger partial charge in [0.1, 0.15) is 30.3 Å². The van der Waals surface area contributed by atoms with E-state index in [1.54, 1.807) is 38.9 Å². The van der Waals surface area contributed by atoms with Crippen molar-refractivity contribution in [2.24, 2.45) is 23.2 Å². The Morgan fingerprint density at radius 2 is 1.77 bits per heavy atom. The number of phosphoric ester groups is 1. The number of carbonyl (C=O) groups is 1. The molecule has 4 heterocycles. The third-order valence-electron chi connectivity index (χ3n) is 15.0. The fraction of sp³-hybridized carbons (Fsp3) is 0.740. The molecule has 0 aromatic carbocycles. The molecule has 402 valence electrons. The van der Waals surface area contributed by atoms with Crippen molar-refractivity contribution < 1.29 is 72.2 Å². The van der Waals surface area contributed by atoms with Gasteiger partial charge in [0.2, 0.25) is 0 Å². The number of methoxy groups -OCH3 is 2. The maximum absolute atomic E-state index is 12.6. The van der Waals surface area contributed by atoms with Gasteiger partial charge >= 0.3 is 7.82 Å². The van der Waals surface area contributed by atoms with Gasteiger partial charge in [0, 0.05) is 62.9 Å². The van der Waals surface area contributed by atoms with Crippen LogP contribution >= 0.6 is 23.8 Å². The average molecular weight is 1090 g/mol. The molecular formula is C50H80BrN4O15P. The molecule has 3 aliphatic heterocycles. The second kappa shape index (κ2) is 25.7. The van der Waals surface area contributed by atoms with Crippen molar-refractivity contribution >= 4 is 35.7 Å². The summed E-state index contributed by atoms with van der Waals surface area (Å²) in [5.74, 6) is -3.00. The number of aromatic nitrogens is 1. The van der Waals surface area contributed by atoms with Crippen LogP contribution in [0.25, 0.3) is 6.08 Å². The molecule has 0 radical (unpaired) electrons. The highest BCUT2D eigenvalue weighted by atomic mass is 79.9. The van der Waals surface area contributed by atoms with Crippen molar-refractivity contribution in [3.8, 4) is 6.07 Å². The fourth-order valence-electron chi connectivity index (χ4n) is 9.91. The van der Waals surface area contributed by atoms with Gasteiger partial charge in [-0.2, -0.15) is 5.26 Å². The highest BCUT2D eigenvalue weighted by molar-refractivity contribution is 9.09. The van der Waals surface area contributed by atoms with Crippen molar-refractivity contribution in [2.75, 3.05) is 41.5 Å². The number of carbonyl (C=O) groups excluding carboxylic acids is 1. The number of allylic oxidation sites excluding steroid dienone is 5. The number of hydrogen-bond acceptors (Lipinski definition) is 16. The summed E-state index contributed by atoms with van der Waals surface area (Å²) >= 11 is 3.88. The SMILES string of the molecule is COC[C@H]([C@@H](O)[C@@H](O)C(=O)NCC[C@@H](C)c1nc(C=CC[C@H]2O[C@@]3(C[C@H](O)[C@H]2C)O[C@@H]([C@@H](C[C@@H](O)[C@@H](C)[C@H]2O[C@](C)(C(C)=CC=CC(C)=CC#N)[C@@H](Br)[C@@H]2C)OC)[C@@H](OP(=O)(O)O)C3(C)C)co1)N(C)C. The third kappa shape index (κ3) is 14.6. The van der Waals surface area contributed by atoms with Gasteiger partial charge in [-0.1, -0.05) is 81.8 Å². The van der Waals surface area contributed by atoms with Gasteiger partial charge in [-0.25, -0.2) is 9.55 Å². The molecule has 1 aromatic rings. The molecule has 7 N–H and O–H groups in total. The number of aliphatic hydroxyl groups excluding tert-OH is 4. The van der Waals surface area contributed by atoms with E-state index in [1.807, 2.05) is 71.9 Å². The van der Waals surface area contributed by atoms with Crippen molar-refractivity contribution in [1.82, 2.24) is 15.2 Å². The van der Waals surface area contributed by atoms with Crippen molar-refractivity contribution in [3.63, 3.8) is 0 Å². The summed E-state index contributed by atoms with van der Waals surface area (Å²) in [7, 11) is 1.19. The molecule has 0 bridgehead atoms. The topological polar surface area (TPSA) is 276 Å². The first kappa shape index (κ1) is 60.9. The normalized spacial score (nSPS) is 32.6. The monoisotopic (exact) mass is 1090 g/mol. The molecule has 71 heavy (non-hydrogen) atoms. The zero-order valence-corrected chi connectivity index (χ0v) is 45.9. The molecule has 0 saturated carbocycles. The standard InChI is InChI=1S/C50H80BrN4O15P/c1-28(20-22-52)16-14-17-30(3)49(9)44(51)33(6)42(68-49)32(5)36(56)24-39(65-13)43-45(70-71(61,62)63)48(7,8)50(69-43)25-37(57)31(4)38(67-50)19-15-18-34-26-66-47(54-34)29(2)21-23-53-46(60)41(59)40(58)35(27-64-12)55(10)11/h14-18,20,26,29,31-33,35-45,56-59H,19,21,23-25,27H2,1-13H3,(H,53,60)(H2,61,62,63)/t29-,31-,32-,33-,35-,36-,37+,38-,39-,40-,41-,42-,43+,44+,45-,49-,50+/m1/s1. The summed E-state index contributed by atoms with van der Waals surface area (Å²) in [6.45, 7) is 17.2. The van der Waals surface area contributed by atoms with Gasteiger partial charge in [-0.15, -0.1) is 0 Å². The van der Waals surface area contributed by atoms with Crippen LogP contribution in [0.15, 0.2) is 52.2 Å². The molecule has 1 amide bonds. The van der Waals surface area contributed by atoms with E-state index in [2.05, 4.69) is 33.2 Å². The Hall–Kier alpha value is -2.68. The summed E-state index contributed by atoms with van der Waals surface area (Å²) in [5, 5.41) is 56.2. The minimum Gasteiger partial charge on any atom is -0.448 e. The Morgan fingerprint density at radius 1 is 1.10 bits per heavy atom. The summed E-state index contributed by atoms with van der Waals surface area (Å²) in [6, 6.07) is 1.43. The molecule has 19 nitrogen and oxygen atoms in total. The number of hydrogen-bond donors (Lipinski definition) is 7. The summed E-state index contributed by atoms with van der Waals surface area (Å²) in [4.78, 5) is 39.3. The number of aliphatic hydroxyl groups is 4. The molecule has 17 atom stereocenters. The molecule has 21 heteroatoms. The number of halogens is 1. The van der Waals surface area contributed by atoms with Gasteiger partial charge in [-0.05, 0) is 70.8 Å². The van der Waals surface area contributed by atoms with Gasteiger partial charge in [-0.3, -0.25) is 9.32 Å². The lowest BCUT2D eigenvalue weighted by Gasteiger charge is -2.50. The molecule has 3 aliphatic rings. The highest BCUT2D eigenvalue weighted by Gasteiger charge is 2.68. The van der Waals surface area contributed by atoms with Crippen LogP contribution in [0.2, 0.25) is 0 Å². The number of nitrogens with one attached hydrogen (secondary N) is 1. The van der Waals surface area contributed by atoms with E-state index in [4.69, 9.17) is 37.9 Å². The van der Waals surface area contributed by atoms with Crippen LogP contribution < -0.4 is 5.32 Å². The van der Waals surface area contributed by atoms with Crippen molar-refractivity contribution in [1.29, 1.82) is 5.26 Å². The lowest BCUT2D eigenvalue weighted by Crippen LogP contribution is -2.58. The maximum atomic E-state index is 12.6. The average Bonchev–Trinajstić information content (AvgIpc) is 3.93. The fourth-order valence-corrected chi connectivity index (χ4v) is 11.4. The molecule has 3 saturated heterocycles. The van der Waals surface area contributed by atoms with Crippen molar-refractivity contribution in [3.05, 3.63) is 59.4 Å². The van der Waals surface area contributed by atoms with Gasteiger partial charge in [0.15, 0.2) is 17.8 Å². The minimum absolute atomic E-state index is 0.0219. The van der Waals surface area contributed by atoms with Gasteiger partial charge in [0.25, 0.3) is 5.91 Å². The molecule has 3 fully saturated rings. The lowest BCUT2D eigenvalue weighted by molar-refractivity contribution is -0.334. The van der Waals surface area contributed by atoms with Crippen molar-refractivity contribution in [2.45, 2.75) is 171 Å². The van der Waals surface area contributed by atoms with E-state index in [0.717, 1.165) is 11.1 Å². The highest BCUT2D eigenvalue weighted by Crippen LogP contribution is 2.59. The molecule has 1 spiro atoms. The number of oxazole rings is 1. The van der Waals surface area contributed by atoms with Crippen LogP contribution in [0, 0.1) is 34.5 Å². The van der Waals surface area contributed by atoms with E-state index < -0.39 is 103 Å². The van der Waals surface area contributed by atoms with Gasteiger partial charge < -0.3 is 68.5 Å². The number of rotatable bonds is 24. The van der Waals surface area contributed by atoms with Crippen LogP contribution in [0.1, 0.15) is 105 Å². The summed E-state index contributed by atoms with van der Waals surface area (Å²) in [5.41, 5.74) is 0.249. The molecular weight excluding hydrogens is 1010 g/mol. The predicted molar refractivity (Wildman–Crippen MR) is 269 cm³/mol. The van der Waals surface area contributed by atoms with Gasteiger partial charge in [0.05, 0.1) is 59.7 Å². The minimum atomic E-state index is -5.14. The largest absolute Gasteiger partial charge is 0.469 e. The Kier molecular flexibility index (Phi) is 22.0. The Labute approximate surface area is 428 Å². The van der Waals surface area contributed by atoms with Crippen LogP contribution in [0.3, 0.4) is 0 Å². The van der Waals surface area contributed by atoms with Crippen LogP contribution in [-0.4, -0.2) is 165 Å². The molecule has 1 aromatic heterocycles. The number of amides is 1. The summed E-state index contributed by atoms with van der Waals surface area (Å²) < 4.78 is 55.4. The smallest absolute Gasteiger partial charge is 0.448 e. The zero-order chi connectivity index (χ0) is 53.4. The second-order valence-corrected chi connectivity index (χ2v) is 22.8. The molecule has 0 unspecified atom stereocenters. The maximum Gasteiger partial charge on any atom is 0.469 e. The number of likely N-dealkylation sites (N-methyl/N-ethyl adjacent to an activating group) is 1. The number of nitrogens with zero attached hydrogens (tertiary/aromatic N) is 3. The predicted octanol–water partition coefficient (Wildman–Crippen LogP) is 5.30. The van der Waals surface area contributed by atoms with E-state index in [0.29, 0.717) is 18.0 Å². The Bertz CT molecular complexity index is 2120. The van der Waals surface area contributed by atoms with Crippen LogP contribution in [0.4, 0.5) is 0 Å². The number of alkyl halides is 1. The lowest BCUT2D eigenvalue weighted by atomic mass is 9.72. The first-order chi connectivity index (χ1) is 33.1. The molecule has 4 rings (SSSR count). The van der Waals surface area contributed by atoms with E-state index in [-0.39, 0.29) is 49.1 Å². The first-order valence-electron chi connectivity index (χ1n) is 24.2. The second-order valence-electron chi connectivity index (χ2n) is 20.6. The summed E-state index contributed by atoms with van der Waals surface area (Å²) in [6.07, 6.45) is 3.33. The zero-order valence-electron chi connectivity index (χ0n) is 43.5.